The van der Waals surface area contributed by atoms with Gasteiger partial charge in [0.25, 0.3) is 0 Å². The van der Waals surface area contributed by atoms with Crippen LogP contribution in [0.2, 0.25) is 13.6 Å². The lowest BCUT2D eigenvalue weighted by atomic mass is 9.55. The summed E-state index contributed by atoms with van der Waals surface area (Å²) in [5.41, 5.74) is 2.69. The van der Waals surface area contributed by atoms with Gasteiger partial charge in [-0.2, -0.15) is 0 Å². The predicted octanol–water partition coefficient (Wildman–Crippen LogP) is 1.62. The van der Waals surface area contributed by atoms with E-state index in [-0.39, 0.29) is 0 Å². The Labute approximate surface area is 39.6 Å². The zero-order chi connectivity index (χ0) is 4.99. The van der Waals surface area contributed by atoms with Crippen molar-refractivity contribution in [2.24, 2.45) is 0 Å². The van der Waals surface area contributed by atoms with Crippen molar-refractivity contribution < 1.29 is 0 Å². The predicted molar refractivity (Wildman–Crippen MR) is 31.2 cm³/mol. The van der Waals surface area contributed by atoms with Crippen molar-refractivity contribution in [1.82, 2.24) is 0 Å². The summed E-state index contributed by atoms with van der Waals surface area (Å²) in [6.45, 7) is 8.21. The van der Waals surface area contributed by atoms with Gasteiger partial charge in [-0.3, -0.25) is 0 Å². The van der Waals surface area contributed by atoms with Crippen molar-refractivity contribution in [2.75, 3.05) is 0 Å². The highest BCUT2D eigenvalue weighted by Crippen LogP contribution is 1.75. The molecule has 0 amide bonds. The van der Waals surface area contributed by atoms with Gasteiger partial charge in [0, 0.05) is 0 Å². The minimum Gasteiger partial charge on any atom is -0.143 e. The molecule has 0 saturated carbocycles. The number of rotatable bonds is 1. The largest absolute Gasteiger partial charge is 0.170 e. The van der Waals surface area contributed by atoms with E-state index in [9.17, 15) is 0 Å². The first-order valence-electron chi connectivity index (χ1n) is 2.13. The van der Waals surface area contributed by atoms with Crippen LogP contribution in [-0.2, 0) is 0 Å². The van der Waals surface area contributed by atoms with Crippen LogP contribution in [0.25, 0.3) is 0 Å². The zero-order valence-corrected chi connectivity index (χ0v) is 4.36. The van der Waals surface area contributed by atoms with Crippen molar-refractivity contribution in [3.63, 3.8) is 0 Å². The smallest absolute Gasteiger partial charge is 0.143 e. The van der Waals surface area contributed by atoms with Crippen molar-refractivity contribution >= 4 is 6.71 Å². The van der Waals surface area contributed by atoms with Crippen LogP contribution in [0, 0.1) is 0 Å². The van der Waals surface area contributed by atoms with E-state index >= 15 is 0 Å². The molecule has 0 rings (SSSR count). The Morgan fingerprint density at radius 3 is 2.17 bits per heavy atom. The second-order valence-electron chi connectivity index (χ2n) is 1.61. The van der Waals surface area contributed by atoms with E-state index in [0.717, 1.165) is 0 Å². The van der Waals surface area contributed by atoms with E-state index in [4.69, 9.17) is 0 Å². The third-order valence-electron chi connectivity index (χ3n) is 0.451. The van der Waals surface area contributed by atoms with Gasteiger partial charge in [0.1, 0.15) is 0 Å². The molecule has 0 radical (unpaired) electrons. The molecule has 0 bridgehead atoms. The SMILES string of the molecule is C=C=CB(C)C. The van der Waals surface area contributed by atoms with E-state index in [2.05, 4.69) is 26.0 Å². The molecule has 6 heavy (non-hydrogen) atoms. The van der Waals surface area contributed by atoms with Gasteiger partial charge in [-0.15, -0.1) is 5.73 Å². The molecule has 0 unspecified atom stereocenters. The Morgan fingerprint density at radius 1 is 1.67 bits per heavy atom. The van der Waals surface area contributed by atoms with Crippen LogP contribution >= 0.6 is 0 Å². The first kappa shape index (κ1) is 5.58. The van der Waals surface area contributed by atoms with E-state index in [0.29, 0.717) is 6.71 Å². The average molecular weight is 79.9 g/mol. The monoisotopic (exact) mass is 80.1 g/mol. The summed E-state index contributed by atoms with van der Waals surface area (Å²) in [7, 11) is 0. The van der Waals surface area contributed by atoms with Gasteiger partial charge in [0.05, 0.1) is 0 Å². The average Bonchev–Trinajstić information content (AvgIpc) is 1.35. The molecule has 0 aromatic rings. The number of hydrogen-bond donors (Lipinski definition) is 0. The maximum absolute atomic E-state index is 3.42. The second kappa shape index (κ2) is 2.80. The van der Waals surface area contributed by atoms with Gasteiger partial charge in [0.15, 0.2) is 6.71 Å². The summed E-state index contributed by atoms with van der Waals surface area (Å²) in [6.07, 6.45) is 0. The standard InChI is InChI=1S/C5H9B/c1-4-5-6(2)3/h5H,1H2,2-3H3. The molecule has 32 valence electrons. The molecular weight excluding hydrogens is 70.9 g/mol. The molecule has 0 nitrogen and oxygen atoms in total. The Bertz CT molecular complexity index is 68.0. The van der Waals surface area contributed by atoms with E-state index in [1.165, 1.54) is 0 Å². The van der Waals surface area contributed by atoms with Crippen LogP contribution in [0.3, 0.4) is 0 Å². The molecule has 0 aliphatic carbocycles. The van der Waals surface area contributed by atoms with Crippen LogP contribution in [0.15, 0.2) is 18.3 Å². The van der Waals surface area contributed by atoms with Crippen molar-refractivity contribution in [2.45, 2.75) is 13.6 Å². The fourth-order valence-electron chi connectivity index (χ4n) is 0.236. The fourth-order valence-corrected chi connectivity index (χ4v) is 0.236. The first-order chi connectivity index (χ1) is 2.77. The molecule has 0 saturated heterocycles. The van der Waals surface area contributed by atoms with Crippen molar-refractivity contribution in [3.8, 4) is 0 Å². The Hall–Kier alpha value is -0.415. The van der Waals surface area contributed by atoms with Gasteiger partial charge in [-0.05, 0) is 0 Å². The van der Waals surface area contributed by atoms with Crippen LogP contribution in [0.5, 0.6) is 0 Å². The Balaban J connectivity index is 3.29. The first-order valence-corrected chi connectivity index (χ1v) is 2.13. The topological polar surface area (TPSA) is 0 Å². The highest BCUT2D eigenvalue weighted by Gasteiger charge is 1.83. The third kappa shape index (κ3) is 3.58. The van der Waals surface area contributed by atoms with Gasteiger partial charge >= 0.3 is 0 Å². The van der Waals surface area contributed by atoms with Gasteiger partial charge in [-0.1, -0.05) is 26.2 Å². The number of hydrogen-bond acceptors (Lipinski definition) is 0. The maximum Gasteiger partial charge on any atom is 0.170 e. The van der Waals surface area contributed by atoms with Gasteiger partial charge in [-0.25, -0.2) is 0 Å². The molecular formula is C5H9B. The molecule has 0 fully saturated rings. The third-order valence-corrected chi connectivity index (χ3v) is 0.451. The summed E-state index contributed by atoms with van der Waals surface area (Å²) in [4.78, 5) is 0. The van der Waals surface area contributed by atoms with Crippen molar-refractivity contribution in [3.05, 3.63) is 18.3 Å². The van der Waals surface area contributed by atoms with E-state index in [1.54, 1.807) is 0 Å². The molecule has 0 atom stereocenters. The lowest BCUT2D eigenvalue weighted by Gasteiger charge is -1.77. The zero-order valence-electron chi connectivity index (χ0n) is 4.36. The molecule has 1 heteroatoms. The highest BCUT2D eigenvalue weighted by atomic mass is 13.4. The summed E-state index contributed by atoms with van der Waals surface area (Å²) < 4.78 is 0. The highest BCUT2D eigenvalue weighted by molar-refractivity contribution is 6.61. The molecule has 0 aromatic carbocycles. The normalized spacial score (nSPS) is 6.33. The van der Waals surface area contributed by atoms with Crippen LogP contribution in [0.1, 0.15) is 0 Å². The quantitative estimate of drug-likeness (QED) is 0.331. The van der Waals surface area contributed by atoms with Crippen molar-refractivity contribution in [1.29, 1.82) is 0 Å². The minimum absolute atomic E-state index is 0.600. The molecule has 0 heterocycles. The summed E-state index contributed by atoms with van der Waals surface area (Å²) in [6, 6.07) is 0. The second-order valence-corrected chi connectivity index (χ2v) is 1.61. The van der Waals surface area contributed by atoms with Gasteiger partial charge in [0.2, 0.25) is 0 Å². The van der Waals surface area contributed by atoms with E-state index < -0.39 is 0 Å². The van der Waals surface area contributed by atoms with Crippen LogP contribution < -0.4 is 0 Å². The molecule has 0 aliphatic rings. The van der Waals surface area contributed by atoms with E-state index in [1.807, 2.05) is 5.98 Å². The lowest BCUT2D eigenvalue weighted by molar-refractivity contribution is 1.99. The summed E-state index contributed by atoms with van der Waals surface area (Å²) in [5, 5.41) is 0. The Morgan fingerprint density at radius 2 is 2.17 bits per heavy atom. The molecule has 0 aromatic heterocycles. The molecule has 0 spiro atoms. The maximum atomic E-state index is 3.42. The fraction of sp³-hybridized carbons (Fsp3) is 0.400. The van der Waals surface area contributed by atoms with Gasteiger partial charge < -0.3 is 0 Å². The van der Waals surface area contributed by atoms with Crippen LogP contribution in [0.4, 0.5) is 0 Å². The summed E-state index contributed by atoms with van der Waals surface area (Å²) >= 11 is 0. The lowest BCUT2D eigenvalue weighted by Crippen LogP contribution is -1.89. The van der Waals surface area contributed by atoms with Crippen LogP contribution in [-0.4, -0.2) is 6.71 Å². The minimum atomic E-state index is 0.600. The Kier molecular flexibility index (Phi) is 2.61. The molecule has 0 aliphatic heterocycles. The molecule has 0 N–H and O–H groups in total. The summed E-state index contributed by atoms with van der Waals surface area (Å²) in [5.74, 6) is 1.93.